The van der Waals surface area contributed by atoms with E-state index in [1.807, 2.05) is 0 Å². The van der Waals surface area contributed by atoms with Crippen molar-refractivity contribution in [2.45, 2.75) is 6.92 Å². The van der Waals surface area contributed by atoms with E-state index in [0.717, 1.165) is 6.92 Å². The molecule has 0 aliphatic heterocycles. The first-order valence-electron chi connectivity index (χ1n) is 1.38. The average molecular weight is 340 g/mol. The van der Waals surface area contributed by atoms with Gasteiger partial charge in [0.25, 0.3) is 0 Å². The first-order valence-corrected chi connectivity index (χ1v) is 1.38. The van der Waals surface area contributed by atoms with Gasteiger partial charge in [0.15, 0.2) is 0 Å². The van der Waals surface area contributed by atoms with Crippen LogP contribution in [0.1, 0.15) is 6.92 Å². The number of carboxylic acids is 1. The third-order valence-corrected chi connectivity index (χ3v) is 0.301. The van der Waals surface area contributed by atoms with Crippen LogP contribution in [0, 0.1) is 29.7 Å². The van der Waals surface area contributed by atoms with Gasteiger partial charge in [-0.2, -0.15) is 0 Å². The number of aliphatic carboxylic acids is 1. The Morgan fingerprint density at radius 3 is 1.09 bits per heavy atom. The molecule has 0 unspecified atom stereocenters. The quantitative estimate of drug-likeness (QED) is 0.581. The van der Waals surface area contributed by atoms with Crippen LogP contribution in [0.2, 0.25) is 0 Å². The van der Waals surface area contributed by atoms with E-state index in [0.29, 0.717) is 0 Å². The number of carbonyl (C=O) groups excluding carboxylic acids is 1. The summed E-state index contributed by atoms with van der Waals surface area (Å²) in [5, 5.41) is 7.64. The van der Waals surface area contributed by atoms with Gasteiger partial charge >= 0.3 is 5.97 Å². The van der Waals surface area contributed by atoms with Crippen molar-refractivity contribution in [3.63, 3.8) is 0 Å². The minimum atomic E-state index is -1.38. The van der Waals surface area contributed by atoms with E-state index in [-0.39, 0.29) is 49.8 Å². The smallest absolute Gasteiger partial charge is 0.371 e. The maximum Gasteiger partial charge on any atom is 0.371 e. The summed E-state index contributed by atoms with van der Waals surface area (Å²) in [5.41, 5.74) is 0. The summed E-state index contributed by atoms with van der Waals surface area (Å²) in [5.74, 6) is -2.20. The van der Waals surface area contributed by atoms with Crippen molar-refractivity contribution in [2.24, 2.45) is 0 Å². The van der Waals surface area contributed by atoms with Crippen molar-refractivity contribution in [2.75, 3.05) is 0 Å². The molecule has 0 aliphatic carbocycles. The Labute approximate surface area is 83.5 Å². The predicted octanol–water partition coefficient (Wildman–Crippen LogP) is 1.46. The van der Waals surface area contributed by atoms with Gasteiger partial charge < -0.3 is 34.8 Å². The third-order valence-electron chi connectivity index (χ3n) is 0.301. The molecule has 1 radical (unpaired) electrons. The second kappa shape index (κ2) is 22.6. The van der Waals surface area contributed by atoms with Gasteiger partial charge in [-0.15, -0.1) is 0 Å². The fourth-order valence-corrected chi connectivity index (χ4v) is 0. The molecule has 0 atom stereocenters. The molecule has 0 amide bonds. The maximum atomic E-state index is 9.54. The molecule has 4 heteroatoms. The molecule has 0 rings (SSSR count). The molecule has 0 saturated heterocycles. The van der Waals surface area contributed by atoms with Crippen LogP contribution in [-0.4, -0.2) is 16.9 Å². The maximum absolute atomic E-state index is 9.54. The normalized spacial score (nSPS) is 4.09. The number of hydrogen-bond acceptors (Lipinski definition) is 2. The summed E-state index contributed by atoms with van der Waals surface area (Å²) >= 11 is 0. The van der Waals surface area contributed by atoms with Crippen LogP contribution in [0.3, 0.4) is 0 Å². The van der Waals surface area contributed by atoms with E-state index in [2.05, 4.69) is 0 Å². The predicted molar refractivity (Wildman–Crippen MR) is 44.0 cm³/mol. The Morgan fingerprint density at radius 1 is 1.00 bits per heavy atom. The van der Waals surface area contributed by atoms with E-state index >= 15 is 0 Å². The molecule has 0 aliphatic rings. The van der Waals surface area contributed by atoms with Crippen molar-refractivity contribution in [1.82, 2.24) is 0 Å². The molecule has 0 aromatic rings. The van der Waals surface area contributed by atoms with Crippen molar-refractivity contribution < 1.29 is 34.8 Å². The Balaban J connectivity index is -0.0000000125. The van der Waals surface area contributed by atoms with Crippen LogP contribution in [0.5, 0.6) is 0 Å². The van der Waals surface area contributed by atoms with Crippen LogP contribution in [-0.2, 0) is 29.7 Å². The molecule has 0 fully saturated rings. The molecular formula is C7H16IrO3-4. The number of hydrogen-bond donors (Lipinski definition) is 1. The number of rotatable bonds is 1. The minimum absolute atomic E-state index is 0. The Hall–Kier alpha value is -0.211. The Kier molecular flexibility index (Phi) is 92.5. The van der Waals surface area contributed by atoms with Crippen molar-refractivity contribution >= 4 is 11.8 Å². The summed E-state index contributed by atoms with van der Waals surface area (Å²) < 4.78 is 0. The van der Waals surface area contributed by atoms with Crippen LogP contribution in [0.25, 0.3) is 0 Å². The van der Waals surface area contributed by atoms with Crippen LogP contribution >= 0.6 is 0 Å². The van der Waals surface area contributed by atoms with Gasteiger partial charge in [0.05, 0.1) is 0 Å². The number of carbonyl (C=O) groups is 2. The largest absolute Gasteiger partial charge is 0.476 e. The van der Waals surface area contributed by atoms with Crippen LogP contribution in [0.15, 0.2) is 0 Å². The molecule has 0 spiro atoms. The summed E-state index contributed by atoms with van der Waals surface area (Å²) in [6.07, 6.45) is 0. The van der Waals surface area contributed by atoms with Gasteiger partial charge in [0.2, 0.25) is 5.78 Å². The van der Waals surface area contributed by atoms with Gasteiger partial charge in [-0.25, -0.2) is 4.79 Å². The Bertz CT molecular complexity index is 79.7. The van der Waals surface area contributed by atoms with Gasteiger partial charge in [0, 0.05) is 27.0 Å². The van der Waals surface area contributed by atoms with Crippen molar-refractivity contribution in [3.8, 4) is 0 Å². The van der Waals surface area contributed by atoms with Crippen LogP contribution < -0.4 is 0 Å². The Morgan fingerprint density at radius 2 is 1.09 bits per heavy atom. The van der Waals surface area contributed by atoms with E-state index in [1.165, 1.54) is 0 Å². The van der Waals surface area contributed by atoms with Gasteiger partial charge in [-0.1, -0.05) is 0 Å². The number of carboxylic acid groups (broad SMARTS) is 1. The molecule has 1 N–H and O–H groups in total. The SMILES string of the molecule is CC(=O)C(=O)O.[CH3-].[CH3-].[CH3-].[CH3-].[Ir]. The first-order chi connectivity index (χ1) is 2.64. The molecule has 0 aromatic heterocycles. The fraction of sp³-hybridized carbons (Fsp3) is 0.143. The average Bonchev–Trinajstić information content (AvgIpc) is 1.36. The zero-order chi connectivity index (χ0) is 5.15. The van der Waals surface area contributed by atoms with Gasteiger partial charge in [0.1, 0.15) is 0 Å². The molecular weight excluding hydrogens is 324 g/mol. The van der Waals surface area contributed by atoms with E-state index in [1.54, 1.807) is 0 Å². The number of ketones is 1. The number of Topliss-reactive ketones (excluding diaryl/α,β-unsaturated/α-hetero) is 1. The third kappa shape index (κ3) is 41.4. The zero-order valence-electron chi connectivity index (χ0n) is 7.60. The molecule has 3 nitrogen and oxygen atoms in total. The summed E-state index contributed by atoms with van der Waals surface area (Å²) in [4.78, 5) is 18.9. The molecule has 0 bridgehead atoms. The second-order valence-electron chi connectivity index (χ2n) is 0.861. The molecule has 0 heterocycles. The summed E-state index contributed by atoms with van der Waals surface area (Å²) in [6.45, 7) is 1.00. The first kappa shape index (κ1) is 45.1. The monoisotopic (exact) mass is 341 g/mol. The summed E-state index contributed by atoms with van der Waals surface area (Å²) in [7, 11) is 0. The van der Waals surface area contributed by atoms with Crippen molar-refractivity contribution in [3.05, 3.63) is 29.7 Å². The topological polar surface area (TPSA) is 54.4 Å². The molecule has 0 aromatic carbocycles. The fourth-order valence-electron chi connectivity index (χ4n) is 0. The van der Waals surface area contributed by atoms with E-state index in [9.17, 15) is 9.59 Å². The van der Waals surface area contributed by atoms with Gasteiger partial charge in [-0.05, 0) is 0 Å². The van der Waals surface area contributed by atoms with E-state index in [4.69, 9.17) is 5.11 Å². The molecule has 75 valence electrons. The molecule has 0 saturated carbocycles. The zero-order valence-corrected chi connectivity index (χ0v) is 9.99. The summed E-state index contributed by atoms with van der Waals surface area (Å²) in [6, 6.07) is 0. The van der Waals surface area contributed by atoms with Crippen molar-refractivity contribution in [1.29, 1.82) is 0 Å². The minimum Gasteiger partial charge on any atom is -0.476 e. The molecule has 11 heavy (non-hydrogen) atoms. The van der Waals surface area contributed by atoms with E-state index < -0.39 is 11.8 Å². The second-order valence-corrected chi connectivity index (χ2v) is 0.861. The van der Waals surface area contributed by atoms with Crippen LogP contribution in [0.4, 0.5) is 0 Å². The van der Waals surface area contributed by atoms with Gasteiger partial charge in [-0.3, -0.25) is 4.79 Å². The standard InChI is InChI=1S/C3H4O3.4CH3.Ir/c1-2(4)3(5)6;;;;;/h1H3,(H,5,6);4*1H3;/q;4*-1;.